The Bertz CT molecular complexity index is 315. The lowest BCUT2D eigenvalue weighted by atomic mass is 10.2. The minimum Gasteiger partial charge on any atom is -0.481 e. The Labute approximate surface area is 98.1 Å². The maximum atomic E-state index is 13.1. The number of carbonyl (C=O) groups excluding carboxylic acids is 1. The smallest absolute Gasteiger partial charge is 0.320 e. The van der Waals surface area contributed by atoms with E-state index in [2.05, 4.69) is 15.3 Å². The fraction of sp³-hybridized carbons (Fsp3) is 0.500. The van der Waals surface area contributed by atoms with Crippen molar-refractivity contribution in [2.45, 2.75) is 26.2 Å². The molecule has 2 N–H and O–H groups in total. The van der Waals surface area contributed by atoms with Gasteiger partial charge in [-0.2, -0.15) is 0 Å². The molecular formula is C10H15FN2O4. The summed E-state index contributed by atoms with van der Waals surface area (Å²) >= 11 is 0. The summed E-state index contributed by atoms with van der Waals surface area (Å²) in [5.74, 6) is -1.09. The highest BCUT2D eigenvalue weighted by molar-refractivity contribution is 5.79. The van der Waals surface area contributed by atoms with Crippen LogP contribution >= 0.6 is 0 Å². The zero-order chi connectivity index (χ0) is 13.1. The standard InChI is InChI=1S/C10H15FN2O4/c1-8(13-17-7-14)12-6-9(11)4-2-3-5-10(15)16/h4,7H,2-3,5-6H2,1H3,(H,12,13)(H,15,16)/b9-4+. The molecular weight excluding hydrogens is 231 g/mol. The zero-order valence-corrected chi connectivity index (χ0v) is 9.48. The highest BCUT2D eigenvalue weighted by Crippen LogP contribution is 2.03. The number of aliphatic carboxylic acids is 1. The number of hydrogen-bond acceptors (Lipinski definition) is 4. The van der Waals surface area contributed by atoms with E-state index < -0.39 is 11.8 Å². The highest BCUT2D eigenvalue weighted by Gasteiger charge is 1.97. The fourth-order valence-electron chi connectivity index (χ4n) is 0.912. The predicted molar refractivity (Wildman–Crippen MR) is 58.9 cm³/mol. The molecule has 0 rings (SSSR count). The molecule has 0 aromatic rings. The van der Waals surface area contributed by atoms with Crippen LogP contribution in [0.25, 0.3) is 0 Å². The minimum atomic E-state index is -0.900. The second-order valence-corrected chi connectivity index (χ2v) is 3.15. The first kappa shape index (κ1) is 15.1. The van der Waals surface area contributed by atoms with E-state index in [1.54, 1.807) is 0 Å². The summed E-state index contributed by atoms with van der Waals surface area (Å²) in [5.41, 5.74) is 2.18. The van der Waals surface area contributed by atoms with E-state index in [-0.39, 0.29) is 25.3 Å². The van der Waals surface area contributed by atoms with Gasteiger partial charge in [-0.3, -0.25) is 14.6 Å². The van der Waals surface area contributed by atoms with Gasteiger partial charge in [-0.1, -0.05) is 6.08 Å². The van der Waals surface area contributed by atoms with Crippen LogP contribution in [0.5, 0.6) is 0 Å². The summed E-state index contributed by atoms with van der Waals surface area (Å²) in [4.78, 5) is 27.9. The Morgan fingerprint density at radius 3 is 2.88 bits per heavy atom. The van der Waals surface area contributed by atoms with Crippen LogP contribution in [0.4, 0.5) is 4.39 Å². The highest BCUT2D eigenvalue weighted by atomic mass is 19.1. The molecule has 0 fully saturated rings. The van der Waals surface area contributed by atoms with E-state index >= 15 is 0 Å². The Morgan fingerprint density at radius 2 is 2.29 bits per heavy atom. The molecule has 0 bridgehead atoms. The summed E-state index contributed by atoms with van der Waals surface area (Å²) in [7, 11) is 0. The van der Waals surface area contributed by atoms with Gasteiger partial charge in [0.2, 0.25) is 0 Å². The second-order valence-electron chi connectivity index (χ2n) is 3.15. The molecule has 0 saturated carbocycles. The van der Waals surface area contributed by atoms with Crippen LogP contribution in [0, 0.1) is 0 Å². The number of amidine groups is 1. The monoisotopic (exact) mass is 246 g/mol. The molecule has 0 spiro atoms. The third-order valence-corrected chi connectivity index (χ3v) is 1.68. The van der Waals surface area contributed by atoms with Gasteiger partial charge in [0.15, 0.2) is 0 Å². The van der Waals surface area contributed by atoms with Crippen LogP contribution in [-0.2, 0) is 14.4 Å². The summed E-state index contributed by atoms with van der Waals surface area (Å²) < 4.78 is 13.1. The third kappa shape index (κ3) is 10.4. The summed E-state index contributed by atoms with van der Waals surface area (Å²) in [6.07, 6.45) is 2.05. The van der Waals surface area contributed by atoms with Gasteiger partial charge in [0.25, 0.3) is 0 Å². The maximum Gasteiger partial charge on any atom is 0.320 e. The van der Waals surface area contributed by atoms with E-state index in [1.165, 1.54) is 13.0 Å². The second kappa shape index (κ2) is 9.32. The normalized spacial score (nSPS) is 12.1. The van der Waals surface area contributed by atoms with Crippen molar-refractivity contribution in [1.29, 1.82) is 0 Å². The quantitative estimate of drug-likeness (QED) is 0.221. The summed E-state index contributed by atoms with van der Waals surface area (Å²) in [5, 5.41) is 8.35. The number of carboxylic acid groups (broad SMARTS) is 1. The van der Waals surface area contributed by atoms with Gasteiger partial charge in [0.05, 0.1) is 6.54 Å². The first-order valence-corrected chi connectivity index (χ1v) is 4.99. The molecule has 6 nitrogen and oxygen atoms in total. The van der Waals surface area contributed by atoms with Gasteiger partial charge in [-0.25, -0.2) is 9.87 Å². The number of halogens is 1. The van der Waals surface area contributed by atoms with Gasteiger partial charge < -0.3 is 9.94 Å². The molecule has 0 heterocycles. The number of carbonyl (C=O) groups is 2. The number of aliphatic imine (C=N–C) groups is 1. The molecule has 0 aliphatic heterocycles. The summed E-state index contributed by atoms with van der Waals surface area (Å²) in [6, 6.07) is 0. The lowest BCUT2D eigenvalue weighted by molar-refractivity contribution is -0.137. The van der Waals surface area contributed by atoms with Crippen molar-refractivity contribution in [1.82, 2.24) is 5.48 Å². The number of hydrogen-bond donors (Lipinski definition) is 2. The molecule has 0 radical (unpaired) electrons. The van der Waals surface area contributed by atoms with Gasteiger partial charge >= 0.3 is 12.4 Å². The van der Waals surface area contributed by atoms with Gasteiger partial charge in [-0.15, -0.1) is 0 Å². The maximum absolute atomic E-state index is 13.1. The SMILES string of the molecule is CC(=NC/C(F)=C\CCCC(=O)O)NOC=O. The molecule has 0 aromatic carbocycles. The molecule has 0 amide bonds. The molecule has 0 atom stereocenters. The molecule has 0 aliphatic rings. The Hall–Kier alpha value is -1.92. The molecule has 0 aliphatic carbocycles. The van der Waals surface area contributed by atoms with Gasteiger partial charge in [0.1, 0.15) is 11.7 Å². The molecule has 17 heavy (non-hydrogen) atoms. The number of unbranched alkanes of at least 4 members (excludes halogenated alkanes) is 1. The van der Waals surface area contributed by atoms with Crippen LogP contribution in [-0.4, -0.2) is 29.9 Å². The first-order valence-electron chi connectivity index (χ1n) is 4.99. The Kier molecular flexibility index (Phi) is 8.26. The van der Waals surface area contributed by atoms with Crippen LogP contribution in [0.3, 0.4) is 0 Å². The van der Waals surface area contributed by atoms with Crippen LogP contribution in [0.15, 0.2) is 16.9 Å². The number of rotatable bonds is 8. The molecule has 96 valence electrons. The number of carboxylic acids is 1. The number of nitrogens with one attached hydrogen (secondary N) is 1. The molecule has 0 unspecified atom stereocenters. The Morgan fingerprint density at radius 1 is 1.59 bits per heavy atom. The minimum absolute atomic E-state index is 0.0147. The fourth-order valence-corrected chi connectivity index (χ4v) is 0.912. The van der Waals surface area contributed by atoms with Crippen LogP contribution in [0.2, 0.25) is 0 Å². The third-order valence-electron chi connectivity index (χ3n) is 1.68. The number of allylic oxidation sites excluding steroid dienone is 1. The average molecular weight is 246 g/mol. The largest absolute Gasteiger partial charge is 0.481 e. The molecule has 7 heteroatoms. The van der Waals surface area contributed by atoms with Gasteiger partial charge in [-0.05, 0) is 19.8 Å². The van der Waals surface area contributed by atoms with Crippen molar-refractivity contribution < 1.29 is 23.9 Å². The van der Waals surface area contributed by atoms with Crippen molar-refractivity contribution in [2.75, 3.05) is 6.54 Å². The van der Waals surface area contributed by atoms with E-state index in [0.29, 0.717) is 12.8 Å². The lowest BCUT2D eigenvalue weighted by Gasteiger charge is -2.00. The number of nitrogens with zero attached hydrogens (tertiary/aromatic N) is 1. The predicted octanol–water partition coefficient (Wildman–Crippen LogP) is 1.19. The Balaban J connectivity index is 3.82. The van der Waals surface area contributed by atoms with Crippen molar-refractivity contribution in [3.8, 4) is 0 Å². The lowest BCUT2D eigenvalue weighted by Crippen LogP contribution is -2.20. The van der Waals surface area contributed by atoms with Gasteiger partial charge in [0, 0.05) is 6.42 Å². The molecule has 0 saturated heterocycles. The van der Waals surface area contributed by atoms with E-state index in [4.69, 9.17) is 5.11 Å². The molecule has 0 aromatic heterocycles. The first-order chi connectivity index (χ1) is 8.06. The van der Waals surface area contributed by atoms with E-state index in [9.17, 15) is 14.0 Å². The van der Waals surface area contributed by atoms with Crippen molar-refractivity contribution in [3.63, 3.8) is 0 Å². The van der Waals surface area contributed by atoms with Crippen LogP contribution < -0.4 is 5.48 Å². The van der Waals surface area contributed by atoms with Crippen molar-refractivity contribution >= 4 is 18.3 Å². The van der Waals surface area contributed by atoms with E-state index in [1.807, 2.05) is 0 Å². The topological polar surface area (TPSA) is 88.0 Å². The van der Waals surface area contributed by atoms with Crippen molar-refractivity contribution in [2.24, 2.45) is 4.99 Å². The average Bonchev–Trinajstić information content (AvgIpc) is 2.29. The van der Waals surface area contributed by atoms with E-state index in [0.717, 1.165) is 0 Å². The van der Waals surface area contributed by atoms with Crippen molar-refractivity contribution in [3.05, 3.63) is 11.9 Å². The number of hydroxylamine groups is 1. The zero-order valence-electron chi connectivity index (χ0n) is 9.48. The summed E-state index contributed by atoms with van der Waals surface area (Å²) in [6.45, 7) is 1.53. The van der Waals surface area contributed by atoms with Crippen LogP contribution in [0.1, 0.15) is 26.2 Å².